The van der Waals surface area contributed by atoms with Gasteiger partial charge >= 0.3 is 21.6 Å². The van der Waals surface area contributed by atoms with Crippen LogP contribution in [0.25, 0.3) is 0 Å². The fraction of sp³-hybridized carbons (Fsp3) is 0.527. The molecule has 38 nitrogen and oxygen atoms in total. The number of imide groups is 1. The molecule has 4 fully saturated rings. The van der Waals surface area contributed by atoms with Crippen LogP contribution in [0.4, 0.5) is 18.9 Å². The van der Waals surface area contributed by atoms with E-state index in [1.54, 1.807) is 0 Å². The van der Waals surface area contributed by atoms with Crippen molar-refractivity contribution in [2.75, 3.05) is 161 Å². The first-order chi connectivity index (χ1) is 54.5. The van der Waals surface area contributed by atoms with Crippen molar-refractivity contribution in [3.8, 4) is 0 Å². The molecule has 0 radical (unpaired) electrons. The monoisotopic (exact) mass is 1690 g/mol. The number of halogens is 3. The number of allylic oxidation sites excluding steroid dienone is 4. The number of aliphatic carboxylic acids is 1. The van der Waals surface area contributed by atoms with Crippen LogP contribution in [0.15, 0.2) is 90.7 Å². The molecule has 1 saturated heterocycles. The lowest BCUT2D eigenvalue weighted by Gasteiger charge is -2.60. The Kier molecular flexibility index (Phi) is 29.6. The second-order valence-electron chi connectivity index (χ2n) is 29.9. The molecule has 2 aromatic rings. The number of amides is 12. The number of fused-ring (bicyclic) bond motifs is 7. The first kappa shape index (κ1) is 92.3. The number of ether oxygens (including phenoxy) is 2. The van der Waals surface area contributed by atoms with Gasteiger partial charge in [0.15, 0.2) is 29.1 Å². The van der Waals surface area contributed by atoms with Gasteiger partial charge in [0.2, 0.25) is 53.2 Å². The zero-order valence-electron chi connectivity index (χ0n) is 66.1. The van der Waals surface area contributed by atoms with Gasteiger partial charge in [0.05, 0.1) is 83.4 Å². The third kappa shape index (κ3) is 21.4. The van der Waals surface area contributed by atoms with Crippen LogP contribution in [0, 0.1) is 29.0 Å². The zero-order chi connectivity index (χ0) is 87.0. The van der Waals surface area contributed by atoms with Crippen molar-refractivity contribution in [3.05, 3.63) is 113 Å². The standard InChI is InChI=1S/C74H95F3N12O26P2/c1-43(79(3)33-61(96)81(5)39-67(102)87(11)41-69(104)105)32-80(4)62(97)34-82(6)63(98)35-83(7)64(99)36-84(8)65(100)37-85(9)66(101)38-86(10)68(103)40-88(12)70(106)49-27-47(89-59(94)20-21-60(89)95)18-16-44(49)17-19-58(93)78-24-25-111-116(107,108)115-117(109,110)112-42-56(92)73-51-31-55(91)74(77)52(30-54(76)53-28-48(90)22-23-72(53,74)2)50(51)29-57(73)113-71(114-73)45-14-13-15-46(75)26-45/h13-16,18,20-23,26-28,50-52,54-55,57,71,91H,1,17,19,24-25,29-42H2,2-12H3,(H,78,93)(H,104,105)(H,107,108)(H,109,110)/t50-,51?,52+,54+,55+,57-,71-,72+,73-,74+/m1/s1. The average Bonchev–Trinajstić information content (AvgIpc) is 1.65. The van der Waals surface area contributed by atoms with Gasteiger partial charge in [0.25, 0.3) is 17.7 Å². The highest BCUT2D eigenvalue weighted by molar-refractivity contribution is 7.61. The summed E-state index contributed by atoms with van der Waals surface area (Å²) in [6.45, 7) is -2.25. The van der Waals surface area contributed by atoms with Gasteiger partial charge in [-0.3, -0.25) is 81.0 Å². The molecule has 117 heavy (non-hydrogen) atoms. The van der Waals surface area contributed by atoms with Gasteiger partial charge in [-0.05, 0) is 86.1 Å². The van der Waals surface area contributed by atoms with Crippen molar-refractivity contribution in [1.82, 2.24) is 54.3 Å². The number of carbonyl (C=O) groups is 15. The molecule has 0 bridgehead atoms. The number of benzene rings is 2. The number of Topliss-reactive ketones (excluding diaryl/α,β-unsaturated/α-hetero) is 1. The molecule has 3 unspecified atom stereocenters. The van der Waals surface area contributed by atoms with Crippen LogP contribution < -0.4 is 10.2 Å². The summed E-state index contributed by atoms with van der Waals surface area (Å²) < 4.78 is 102. The lowest BCUT2D eigenvalue weighted by Crippen LogP contribution is -2.68. The quantitative estimate of drug-likeness (QED) is 0.0332. The predicted octanol–water partition coefficient (Wildman–Crippen LogP) is -0.215. The summed E-state index contributed by atoms with van der Waals surface area (Å²) in [6, 6.07) is 8.72. The Morgan fingerprint density at radius 3 is 1.63 bits per heavy atom. The molecule has 0 aromatic heterocycles. The van der Waals surface area contributed by atoms with Crippen LogP contribution in [-0.4, -0.2) is 343 Å². The number of alkyl halides is 2. The molecule has 43 heteroatoms. The molecule has 5 N–H and O–H groups in total. The van der Waals surface area contributed by atoms with Crippen LogP contribution in [0.5, 0.6) is 0 Å². The van der Waals surface area contributed by atoms with Gasteiger partial charge in [-0.15, -0.1) is 0 Å². The SMILES string of the molecule is C=C(CN(C)C(=O)CN(C)C(=O)CN(C)C(=O)CN(C)C(=O)CN(C)C(=O)CN(C)C(=O)CN(C)C(=O)c1cc(N2C(=O)C=CC2=O)ccc1CCC(=O)NCCOP(=O)(O)OP(=O)(O)OCC(=O)[C@@]12O[C@H](c3cccc(F)c3)O[C@@H]1C[C@@H]1C2C[C@H](O)[C@@]2(F)[C@H]1C[C@H](F)C1=CC(=O)C=C[C@@]12C)N(C)CC(=O)N(C)CC(=O)N(C)CC(=O)O. The number of rotatable bonds is 37. The maximum absolute atomic E-state index is 17.9. The van der Waals surface area contributed by atoms with Gasteiger partial charge in [-0.2, -0.15) is 4.31 Å². The van der Waals surface area contributed by atoms with E-state index in [9.17, 15) is 100 Å². The molecule has 6 aliphatic rings. The van der Waals surface area contributed by atoms with E-state index in [4.69, 9.17) is 23.6 Å². The Hall–Kier alpha value is -10.2. The number of nitrogens with zero attached hydrogens (tertiary/aromatic N) is 11. The highest BCUT2D eigenvalue weighted by Gasteiger charge is 2.76. The number of hydrogen-bond acceptors (Lipinski definition) is 24. The number of carboxylic acid groups (broad SMARTS) is 1. The maximum Gasteiger partial charge on any atom is 0.481 e. The topological polar surface area (TPSA) is 465 Å². The highest BCUT2D eigenvalue weighted by Crippen LogP contribution is 2.69. The fourth-order valence-corrected chi connectivity index (χ4v) is 16.9. The number of anilines is 1. The van der Waals surface area contributed by atoms with Gasteiger partial charge < -0.3 is 83.8 Å². The first-order valence-electron chi connectivity index (χ1n) is 36.5. The van der Waals surface area contributed by atoms with E-state index in [-0.39, 0.29) is 60.4 Å². The van der Waals surface area contributed by atoms with Gasteiger partial charge in [0, 0.05) is 130 Å². The molecule has 0 spiro atoms. The summed E-state index contributed by atoms with van der Waals surface area (Å²) in [4.78, 5) is 229. The van der Waals surface area contributed by atoms with E-state index in [0.29, 0.717) is 5.70 Å². The van der Waals surface area contributed by atoms with Crippen LogP contribution >= 0.6 is 15.6 Å². The number of nitrogens with one attached hydrogen (secondary N) is 1. The van der Waals surface area contributed by atoms with Gasteiger partial charge in [0.1, 0.15) is 25.1 Å². The molecule has 638 valence electrons. The summed E-state index contributed by atoms with van der Waals surface area (Å²) in [5.41, 5.74) is -6.57. The molecule has 12 amide bonds. The summed E-state index contributed by atoms with van der Waals surface area (Å²) in [5, 5.41) is 23.1. The number of carboxylic acids is 1. The lowest BCUT2D eigenvalue weighted by molar-refractivity contribution is -0.208. The Morgan fingerprint density at radius 1 is 0.632 bits per heavy atom. The normalized spacial score (nSPS) is 23.7. The largest absolute Gasteiger partial charge is 0.481 e. The number of phosphoric ester groups is 2. The minimum atomic E-state index is -5.80. The Balaban J connectivity index is 0.781. The van der Waals surface area contributed by atoms with Crippen molar-refractivity contribution >= 4 is 110 Å². The fourth-order valence-electron chi connectivity index (χ4n) is 14.9. The minimum Gasteiger partial charge on any atom is -0.480 e. The first-order valence-corrected chi connectivity index (χ1v) is 39.5. The van der Waals surface area contributed by atoms with Crippen molar-refractivity contribution in [3.63, 3.8) is 0 Å². The molecule has 3 saturated carbocycles. The molecule has 12 atom stereocenters. The number of carbonyl (C=O) groups excluding carboxylic acids is 14. The smallest absolute Gasteiger partial charge is 0.480 e. The molecule has 2 aromatic carbocycles. The number of hydrogen-bond donors (Lipinski definition) is 5. The number of aryl methyl sites for hydroxylation is 1. The van der Waals surface area contributed by atoms with Crippen LogP contribution in [-0.2, 0) is 106 Å². The summed E-state index contributed by atoms with van der Waals surface area (Å²) in [6.07, 6.45) is -3.30. The predicted molar refractivity (Wildman–Crippen MR) is 402 cm³/mol. The summed E-state index contributed by atoms with van der Waals surface area (Å²) in [5.74, 6) is -15.7. The third-order valence-electron chi connectivity index (χ3n) is 21.6. The van der Waals surface area contributed by atoms with E-state index < -0.39 is 254 Å². The van der Waals surface area contributed by atoms with Gasteiger partial charge in [-0.1, -0.05) is 30.9 Å². The zero-order valence-corrected chi connectivity index (χ0v) is 67.9. The second-order valence-corrected chi connectivity index (χ2v) is 32.9. The Labute approximate surface area is 670 Å². The van der Waals surface area contributed by atoms with E-state index in [2.05, 4.69) is 16.2 Å². The van der Waals surface area contributed by atoms with E-state index in [0.717, 1.165) is 80.5 Å². The number of aliphatic hydroxyl groups is 1. The summed E-state index contributed by atoms with van der Waals surface area (Å²) in [7, 11) is 1.73. The van der Waals surface area contributed by atoms with Crippen LogP contribution in [0.2, 0.25) is 0 Å². The van der Waals surface area contributed by atoms with Crippen molar-refractivity contribution < 1.29 is 137 Å². The van der Waals surface area contributed by atoms with Gasteiger partial charge in [-0.25, -0.2) is 27.2 Å². The summed E-state index contributed by atoms with van der Waals surface area (Å²) >= 11 is 0. The maximum atomic E-state index is 17.9. The van der Waals surface area contributed by atoms with E-state index in [1.807, 2.05) is 0 Å². The molecular formula is C74H95F3N12O26P2. The molecule has 2 heterocycles. The molecule has 8 rings (SSSR count). The average molecular weight is 1690 g/mol. The Morgan fingerprint density at radius 2 is 1.12 bits per heavy atom. The number of ketones is 2. The molecular weight excluding hydrogens is 1590 g/mol. The third-order valence-corrected chi connectivity index (χ3v) is 24.2. The van der Waals surface area contributed by atoms with Crippen LogP contribution in [0.1, 0.15) is 60.4 Å². The highest BCUT2D eigenvalue weighted by atomic mass is 31.3. The molecule has 4 aliphatic carbocycles. The lowest BCUT2D eigenvalue weighted by atomic mass is 9.47. The minimum absolute atomic E-state index is 0.0731. The number of aliphatic hydroxyl groups excluding tert-OH is 1. The van der Waals surface area contributed by atoms with Crippen LogP contribution in [0.3, 0.4) is 0 Å². The Bertz CT molecular complexity index is 4520. The van der Waals surface area contributed by atoms with Crippen molar-refractivity contribution in [2.45, 2.75) is 75.0 Å². The number of likely N-dealkylation sites (N-methyl/N-ethyl adjacent to an activating group) is 10. The number of phosphoric acid groups is 2. The van der Waals surface area contributed by atoms with E-state index >= 15 is 8.78 Å². The van der Waals surface area contributed by atoms with E-state index in [1.165, 1.54) is 124 Å². The molecule has 2 aliphatic heterocycles. The van der Waals surface area contributed by atoms with Crippen molar-refractivity contribution in [1.29, 1.82) is 0 Å². The second kappa shape index (κ2) is 37.6. The van der Waals surface area contributed by atoms with Crippen molar-refractivity contribution in [2.24, 2.45) is 23.2 Å².